The lowest BCUT2D eigenvalue weighted by Crippen LogP contribution is -2.46. The molecular formula is C19H26FN5O4. The molecule has 0 aromatic heterocycles. The van der Waals surface area contributed by atoms with Gasteiger partial charge < -0.3 is 20.2 Å². The summed E-state index contributed by atoms with van der Waals surface area (Å²) >= 11 is 0. The van der Waals surface area contributed by atoms with Crippen molar-refractivity contribution in [1.82, 2.24) is 10.4 Å². The minimum atomic E-state index is -0.541. The topological polar surface area (TPSA) is 108 Å². The van der Waals surface area contributed by atoms with E-state index in [4.69, 9.17) is 10.5 Å². The largest absolute Gasteiger partial charge is 0.444 e. The van der Waals surface area contributed by atoms with Crippen LogP contribution < -0.4 is 21.0 Å². The number of Topliss-reactive ketones (excluding diaryl/α,β-unsaturated/α-hetero) is 1. The Kier molecular flexibility index (Phi) is 6.65. The highest BCUT2D eigenvalue weighted by Gasteiger charge is 2.33. The number of carbonyl (C=O) groups is 3. The zero-order chi connectivity index (χ0) is 21.0. The van der Waals surface area contributed by atoms with Crippen molar-refractivity contribution in [3.8, 4) is 0 Å². The third-order valence-corrected chi connectivity index (χ3v) is 5.03. The summed E-state index contributed by atoms with van der Waals surface area (Å²) in [5.74, 6) is -0.635. The van der Waals surface area contributed by atoms with Crippen molar-refractivity contribution in [2.75, 3.05) is 49.1 Å². The molecule has 9 nitrogen and oxygen atoms in total. The van der Waals surface area contributed by atoms with Crippen LogP contribution in [0.15, 0.2) is 18.2 Å². The maximum atomic E-state index is 14.8. The molecule has 1 aromatic rings. The maximum absolute atomic E-state index is 14.8. The van der Waals surface area contributed by atoms with Gasteiger partial charge in [-0.25, -0.2) is 14.6 Å². The molecule has 2 aliphatic heterocycles. The van der Waals surface area contributed by atoms with Crippen molar-refractivity contribution in [2.24, 2.45) is 5.73 Å². The second-order valence-electron chi connectivity index (χ2n) is 7.14. The fraction of sp³-hybridized carbons (Fsp3) is 0.526. The van der Waals surface area contributed by atoms with Gasteiger partial charge in [0, 0.05) is 26.1 Å². The third-order valence-electron chi connectivity index (χ3n) is 5.03. The van der Waals surface area contributed by atoms with Crippen molar-refractivity contribution < 1.29 is 23.5 Å². The summed E-state index contributed by atoms with van der Waals surface area (Å²) in [7, 11) is 0. The zero-order valence-electron chi connectivity index (χ0n) is 16.4. The summed E-state index contributed by atoms with van der Waals surface area (Å²) in [6, 6.07) is 4.61. The molecule has 0 saturated carbocycles. The third kappa shape index (κ3) is 5.01. The summed E-state index contributed by atoms with van der Waals surface area (Å²) in [4.78, 5) is 38.2. The number of nitrogens with one attached hydrogen (secondary N) is 1. The van der Waals surface area contributed by atoms with Crippen molar-refractivity contribution >= 4 is 29.2 Å². The lowest BCUT2D eigenvalue weighted by Gasteiger charge is -2.24. The van der Waals surface area contributed by atoms with Gasteiger partial charge in [0.2, 0.25) is 5.91 Å². The van der Waals surface area contributed by atoms with E-state index >= 15 is 0 Å². The smallest absolute Gasteiger partial charge is 0.414 e. The minimum absolute atomic E-state index is 0.0357. The molecule has 3 rings (SSSR count). The predicted molar refractivity (Wildman–Crippen MR) is 105 cm³/mol. The molecule has 29 heavy (non-hydrogen) atoms. The number of ether oxygens (including phenoxy) is 1. The van der Waals surface area contributed by atoms with Gasteiger partial charge in [-0.3, -0.25) is 14.7 Å². The summed E-state index contributed by atoms with van der Waals surface area (Å²) < 4.78 is 20.1. The molecule has 10 heteroatoms. The van der Waals surface area contributed by atoms with Gasteiger partial charge >= 0.3 is 6.09 Å². The Balaban J connectivity index is 1.66. The molecule has 1 atom stereocenters. The van der Waals surface area contributed by atoms with E-state index in [-0.39, 0.29) is 30.9 Å². The number of hydrogen-bond acceptors (Lipinski definition) is 7. The van der Waals surface area contributed by atoms with Crippen LogP contribution in [0.25, 0.3) is 0 Å². The van der Waals surface area contributed by atoms with Crippen LogP contribution in [0.5, 0.6) is 0 Å². The van der Waals surface area contributed by atoms with E-state index in [9.17, 15) is 18.8 Å². The second kappa shape index (κ2) is 9.19. The van der Waals surface area contributed by atoms with E-state index < -0.39 is 11.9 Å². The Morgan fingerprint density at radius 1 is 1.31 bits per heavy atom. The Morgan fingerprint density at radius 3 is 2.79 bits per heavy atom. The van der Waals surface area contributed by atoms with Crippen LogP contribution >= 0.6 is 0 Å². The van der Waals surface area contributed by atoms with Gasteiger partial charge in [-0.05, 0) is 31.5 Å². The second-order valence-corrected chi connectivity index (χ2v) is 7.14. The monoisotopic (exact) mass is 407 g/mol. The standard InChI is InChI=1S/C19H26FN5O4/c1-13(26)2-4-15-12-24(19(28)29-15)14-3-5-17(16(20)10-14)23-7-6-22-25(9-8-23)18(27)11-21/h3,5,10,15,22H,2,4,6-9,11-12,21H2,1H3/t15-/m0/s1. The first kappa shape index (κ1) is 21.0. The van der Waals surface area contributed by atoms with E-state index in [1.807, 2.05) is 4.90 Å². The van der Waals surface area contributed by atoms with Crippen LogP contribution in [0.3, 0.4) is 0 Å². The number of nitrogens with two attached hydrogens (primary N) is 1. The molecular weight excluding hydrogens is 381 g/mol. The van der Waals surface area contributed by atoms with Gasteiger partial charge in [0.05, 0.1) is 31.0 Å². The summed E-state index contributed by atoms with van der Waals surface area (Å²) in [6.45, 7) is 3.52. The predicted octanol–water partition coefficient (Wildman–Crippen LogP) is 0.632. The van der Waals surface area contributed by atoms with E-state index in [0.717, 1.165) is 0 Å². The van der Waals surface area contributed by atoms with Gasteiger partial charge in [0.1, 0.15) is 17.7 Å². The SMILES string of the molecule is CC(=O)CC[C@H]1CN(c2ccc(N3CCNN(C(=O)CN)CC3)c(F)c2)C(=O)O1. The van der Waals surface area contributed by atoms with E-state index in [0.29, 0.717) is 50.4 Å². The zero-order valence-corrected chi connectivity index (χ0v) is 16.4. The Labute approximate surface area is 168 Å². The van der Waals surface area contributed by atoms with Crippen LogP contribution in [-0.2, 0) is 14.3 Å². The fourth-order valence-electron chi connectivity index (χ4n) is 3.46. The number of hydrazine groups is 1. The van der Waals surface area contributed by atoms with Crippen LogP contribution in [-0.4, -0.2) is 68.2 Å². The van der Waals surface area contributed by atoms with Crippen LogP contribution in [0.1, 0.15) is 19.8 Å². The summed E-state index contributed by atoms with van der Waals surface area (Å²) in [5.41, 5.74) is 9.19. The Morgan fingerprint density at radius 2 is 2.10 bits per heavy atom. The number of rotatable bonds is 6. The first-order valence-corrected chi connectivity index (χ1v) is 9.65. The molecule has 1 aromatic carbocycles. The first-order valence-electron chi connectivity index (χ1n) is 9.65. The number of amides is 2. The van der Waals surface area contributed by atoms with E-state index in [2.05, 4.69) is 5.43 Å². The molecule has 158 valence electrons. The average Bonchev–Trinajstić information content (AvgIpc) is 2.90. The highest BCUT2D eigenvalue weighted by molar-refractivity contribution is 5.90. The van der Waals surface area contributed by atoms with E-state index in [1.54, 1.807) is 12.1 Å². The molecule has 0 bridgehead atoms. The molecule has 0 aliphatic carbocycles. The molecule has 0 radical (unpaired) electrons. The number of nitrogens with zero attached hydrogens (tertiary/aromatic N) is 3. The maximum Gasteiger partial charge on any atom is 0.414 e. The number of cyclic esters (lactones) is 1. The molecule has 2 heterocycles. The number of carbonyl (C=O) groups excluding carboxylic acids is 3. The van der Waals surface area contributed by atoms with E-state index in [1.165, 1.54) is 22.9 Å². The number of anilines is 2. The number of halogens is 1. The Bertz CT molecular complexity index is 790. The van der Waals surface area contributed by atoms with Crippen LogP contribution in [0, 0.1) is 5.82 Å². The first-order chi connectivity index (χ1) is 13.9. The van der Waals surface area contributed by atoms with Crippen molar-refractivity contribution in [3.05, 3.63) is 24.0 Å². The van der Waals surface area contributed by atoms with Crippen molar-refractivity contribution in [3.63, 3.8) is 0 Å². The van der Waals surface area contributed by atoms with Crippen LogP contribution in [0.4, 0.5) is 20.6 Å². The molecule has 3 N–H and O–H groups in total. The highest BCUT2D eigenvalue weighted by Crippen LogP contribution is 2.29. The highest BCUT2D eigenvalue weighted by atomic mass is 19.1. The van der Waals surface area contributed by atoms with Crippen molar-refractivity contribution in [1.29, 1.82) is 0 Å². The quantitative estimate of drug-likeness (QED) is 0.712. The number of ketones is 1. The minimum Gasteiger partial charge on any atom is -0.444 e. The molecule has 2 saturated heterocycles. The lowest BCUT2D eigenvalue weighted by molar-refractivity contribution is -0.132. The van der Waals surface area contributed by atoms with Gasteiger partial charge in [0.25, 0.3) is 0 Å². The lowest BCUT2D eigenvalue weighted by atomic mass is 10.1. The normalized spacial score (nSPS) is 19.9. The number of benzene rings is 1. The molecule has 2 aliphatic rings. The van der Waals surface area contributed by atoms with Crippen LogP contribution in [0.2, 0.25) is 0 Å². The Hall–Kier alpha value is -2.72. The van der Waals surface area contributed by atoms with Gasteiger partial charge in [0.15, 0.2) is 0 Å². The molecule has 2 fully saturated rings. The van der Waals surface area contributed by atoms with Crippen molar-refractivity contribution in [2.45, 2.75) is 25.9 Å². The molecule has 0 spiro atoms. The number of hydrogen-bond donors (Lipinski definition) is 2. The summed E-state index contributed by atoms with van der Waals surface area (Å²) in [5, 5.41) is 1.45. The fourth-order valence-corrected chi connectivity index (χ4v) is 3.46. The van der Waals surface area contributed by atoms with Gasteiger partial charge in [-0.1, -0.05) is 0 Å². The van der Waals surface area contributed by atoms with Gasteiger partial charge in [-0.15, -0.1) is 0 Å². The molecule has 2 amide bonds. The summed E-state index contributed by atoms with van der Waals surface area (Å²) in [6.07, 6.45) is -0.125. The molecule has 0 unspecified atom stereocenters. The average molecular weight is 407 g/mol. The van der Waals surface area contributed by atoms with Gasteiger partial charge in [-0.2, -0.15) is 0 Å².